The molecule has 6 nitrogen and oxygen atoms in total. The van der Waals surface area contributed by atoms with E-state index in [1.165, 1.54) is 12.4 Å². The molecular weight excluding hydrogens is 474 g/mol. The number of alkyl halides is 6. The molecule has 13 heteroatoms. The molecule has 0 fully saturated rings. The molecule has 3 rings (SSSR count). The van der Waals surface area contributed by atoms with Gasteiger partial charge < -0.3 is 4.74 Å². The average molecular weight is 490 g/mol. The van der Waals surface area contributed by atoms with Crippen LogP contribution in [-0.2, 0) is 21.9 Å². The van der Waals surface area contributed by atoms with E-state index in [4.69, 9.17) is 4.74 Å². The monoisotopic (exact) mass is 490 g/mol. The number of ether oxygens (including phenoxy) is 1. The second-order valence-corrected chi connectivity index (χ2v) is 8.11. The maximum atomic E-state index is 13.1. The van der Waals surface area contributed by atoms with Gasteiger partial charge in [-0.05, 0) is 24.1 Å². The fourth-order valence-electron chi connectivity index (χ4n) is 2.56. The number of halogens is 6. The highest BCUT2D eigenvalue weighted by atomic mass is 32.1. The van der Waals surface area contributed by atoms with Gasteiger partial charge in [-0.15, -0.1) is 16.4 Å². The number of hydrogen-bond donors (Lipinski definition) is 0. The molecule has 0 amide bonds. The second-order valence-electron chi connectivity index (χ2n) is 7.22. The molecule has 0 spiro atoms. The van der Waals surface area contributed by atoms with Gasteiger partial charge in [0.2, 0.25) is 0 Å². The Bertz CT molecular complexity index is 1120. The number of rotatable bonds is 6. The van der Waals surface area contributed by atoms with E-state index in [2.05, 4.69) is 15.1 Å². The third-order valence-electron chi connectivity index (χ3n) is 4.05. The van der Waals surface area contributed by atoms with Crippen molar-refractivity contribution in [2.45, 2.75) is 26.2 Å². The van der Waals surface area contributed by atoms with Gasteiger partial charge in [-0.2, -0.15) is 26.3 Å². The third kappa shape index (κ3) is 6.18. The van der Waals surface area contributed by atoms with Crippen LogP contribution >= 0.6 is 11.3 Å². The van der Waals surface area contributed by atoms with Crippen LogP contribution in [0.25, 0.3) is 23.2 Å². The van der Waals surface area contributed by atoms with Gasteiger partial charge in [0.15, 0.2) is 5.82 Å². The number of benzene rings is 1. The number of nitrogens with zero attached hydrogens (tertiary/aromatic N) is 4. The van der Waals surface area contributed by atoms with Crippen molar-refractivity contribution < 1.29 is 35.9 Å². The van der Waals surface area contributed by atoms with Gasteiger partial charge in [0, 0.05) is 23.3 Å². The van der Waals surface area contributed by atoms with Crippen LogP contribution < -0.4 is 0 Å². The summed E-state index contributed by atoms with van der Waals surface area (Å²) >= 11 is 1.13. The molecule has 0 unspecified atom stereocenters. The molecule has 0 aliphatic rings. The van der Waals surface area contributed by atoms with Crippen molar-refractivity contribution in [2.75, 3.05) is 6.61 Å². The molecule has 0 aliphatic carbocycles. The van der Waals surface area contributed by atoms with E-state index >= 15 is 0 Å². The highest BCUT2D eigenvalue weighted by molar-refractivity contribution is 7.11. The Morgan fingerprint density at radius 2 is 1.73 bits per heavy atom. The number of aromatic nitrogens is 4. The van der Waals surface area contributed by atoms with Crippen LogP contribution in [0.1, 0.15) is 30.0 Å². The highest BCUT2D eigenvalue weighted by Gasteiger charge is 2.37. The number of esters is 1. The predicted molar refractivity (Wildman–Crippen MR) is 108 cm³/mol. The topological polar surface area (TPSA) is 69.9 Å². The van der Waals surface area contributed by atoms with Crippen LogP contribution in [0.4, 0.5) is 26.3 Å². The summed E-state index contributed by atoms with van der Waals surface area (Å²) in [5.41, 5.74) is -3.45. The minimum absolute atomic E-state index is 0.00197. The van der Waals surface area contributed by atoms with Crippen LogP contribution in [0.2, 0.25) is 0 Å². The van der Waals surface area contributed by atoms with Crippen molar-refractivity contribution in [3.8, 4) is 11.4 Å². The van der Waals surface area contributed by atoms with E-state index < -0.39 is 40.8 Å². The number of thiazole rings is 1. The Balaban J connectivity index is 2.01. The van der Waals surface area contributed by atoms with Crippen LogP contribution in [0.5, 0.6) is 0 Å². The van der Waals surface area contributed by atoms with Gasteiger partial charge in [0.1, 0.15) is 16.9 Å². The zero-order chi connectivity index (χ0) is 24.4. The zero-order valence-corrected chi connectivity index (χ0v) is 17.9. The summed E-state index contributed by atoms with van der Waals surface area (Å²) in [4.78, 5) is 20.3. The minimum Gasteiger partial charge on any atom is -0.462 e. The smallest absolute Gasteiger partial charge is 0.416 e. The molecule has 176 valence electrons. The van der Waals surface area contributed by atoms with Crippen molar-refractivity contribution in [1.29, 1.82) is 0 Å². The van der Waals surface area contributed by atoms with Gasteiger partial charge >= 0.3 is 18.3 Å². The quantitative estimate of drug-likeness (QED) is 0.254. The standard InChI is InChI=1S/C20H16F6N4O2S/c1-11(2)9-32-18(31)15(17-27-3-4-33-17)8-30-10-28-16(29-30)12-5-13(19(21,22)23)7-14(6-12)20(24,25)26/h3-8,10-11H,9H2,1-2H3/b15-8+. The van der Waals surface area contributed by atoms with Crippen LogP contribution in [-0.4, -0.2) is 32.3 Å². The largest absolute Gasteiger partial charge is 0.462 e. The Hall–Kier alpha value is -3.22. The molecule has 0 saturated carbocycles. The first kappa shape index (κ1) is 24.4. The highest BCUT2D eigenvalue weighted by Crippen LogP contribution is 2.38. The van der Waals surface area contributed by atoms with Crippen molar-refractivity contribution in [3.05, 3.63) is 52.2 Å². The van der Waals surface area contributed by atoms with Gasteiger partial charge in [-0.3, -0.25) is 0 Å². The number of carbonyl (C=O) groups excluding carboxylic acids is 1. The molecule has 2 aromatic heterocycles. The first-order valence-electron chi connectivity index (χ1n) is 9.34. The lowest BCUT2D eigenvalue weighted by Crippen LogP contribution is -2.12. The Morgan fingerprint density at radius 1 is 1.09 bits per heavy atom. The fourth-order valence-corrected chi connectivity index (χ4v) is 3.19. The Kier molecular flexibility index (Phi) is 6.91. The van der Waals surface area contributed by atoms with E-state index in [0.29, 0.717) is 17.1 Å². The lowest BCUT2D eigenvalue weighted by atomic mass is 10.0. The molecule has 33 heavy (non-hydrogen) atoms. The molecule has 0 radical (unpaired) electrons. The Labute approximate surface area is 187 Å². The minimum atomic E-state index is -5.00. The Morgan fingerprint density at radius 3 is 2.24 bits per heavy atom. The van der Waals surface area contributed by atoms with E-state index in [0.717, 1.165) is 22.3 Å². The summed E-state index contributed by atoms with van der Waals surface area (Å²) in [6.45, 7) is 3.82. The van der Waals surface area contributed by atoms with Gasteiger partial charge in [-0.1, -0.05) is 13.8 Å². The summed E-state index contributed by atoms with van der Waals surface area (Å²) in [5.74, 6) is -1.04. The average Bonchev–Trinajstić information content (AvgIpc) is 3.40. The normalized spacial score (nSPS) is 12.9. The summed E-state index contributed by atoms with van der Waals surface area (Å²) in [7, 11) is 0. The summed E-state index contributed by atoms with van der Waals surface area (Å²) in [5, 5.41) is 5.83. The molecule has 0 N–H and O–H groups in total. The maximum absolute atomic E-state index is 13.1. The SMILES string of the molecule is CC(C)COC(=O)/C(=C/n1cnc(-c2cc(C(F)(F)F)cc(C(F)(F)F)c2)n1)c1nccs1. The van der Waals surface area contributed by atoms with Gasteiger partial charge in [0.25, 0.3) is 0 Å². The molecular formula is C20H16F6N4O2S. The molecule has 2 heterocycles. The van der Waals surface area contributed by atoms with Gasteiger partial charge in [0.05, 0.1) is 17.7 Å². The molecule has 1 aromatic carbocycles. The first-order chi connectivity index (χ1) is 15.3. The molecule has 0 aliphatic heterocycles. The lowest BCUT2D eigenvalue weighted by molar-refractivity contribution is -0.143. The summed E-state index contributed by atoms with van der Waals surface area (Å²) < 4.78 is 84.9. The summed E-state index contributed by atoms with van der Waals surface area (Å²) in [6, 6.07) is 1.07. The molecule has 0 atom stereocenters. The predicted octanol–water partition coefficient (Wildman–Crippen LogP) is 5.64. The van der Waals surface area contributed by atoms with Crippen molar-refractivity contribution >= 4 is 29.1 Å². The van der Waals surface area contributed by atoms with Crippen molar-refractivity contribution in [3.63, 3.8) is 0 Å². The van der Waals surface area contributed by atoms with Crippen molar-refractivity contribution in [1.82, 2.24) is 19.7 Å². The van der Waals surface area contributed by atoms with Crippen LogP contribution in [0.3, 0.4) is 0 Å². The third-order valence-corrected chi connectivity index (χ3v) is 4.85. The molecule has 0 saturated heterocycles. The zero-order valence-electron chi connectivity index (χ0n) is 17.1. The summed E-state index contributed by atoms with van der Waals surface area (Å²) in [6.07, 6.45) is -6.31. The van der Waals surface area contributed by atoms with E-state index in [-0.39, 0.29) is 24.2 Å². The van der Waals surface area contributed by atoms with E-state index in [1.807, 2.05) is 13.8 Å². The number of carbonyl (C=O) groups is 1. The molecule has 0 bridgehead atoms. The van der Waals surface area contributed by atoms with Crippen molar-refractivity contribution in [2.24, 2.45) is 5.92 Å². The second kappa shape index (κ2) is 9.33. The molecule has 3 aromatic rings. The van der Waals surface area contributed by atoms with E-state index in [1.54, 1.807) is 5.38 Å². The van der Waals surface area contributed by atoms with Crippen LogP contribution in [0, 0.1) is 5.92 Å². The van der Waals surface area contributed by atoms with Gasteiger partial charge in [-0.25, -0.2) is 19.4 Å². The lowest BCUT2D eigenvalue weighted by Gasteiger charge is -2.13. The maximum Gasteiger partial charge on any atom is 0.416 e. The fraction of sp³-hybridized carbons (Fsp3) is 0.300. The first-order valence-corrected chi connectivity index (χ1v) is 10.2. The number of hydrogen-bond acceptors (Lipinski definition) is 6. The van der Waals surface area contributed by atoms with Crippen LogP contribution in [0.15, 0.2) is 36.1 Å². The van der Waals surface area contributed by atoms with E-state index in [9.17, 15) is 31.1 Å².